The minimum Gasteiger partial charge on any atom is -0.290 e. The lowest BCUT2D eigenvalue weighted by Crippen LogP contribution is -1.98. The van der Waals surface area contributed by atoms with Gasteiger partial charge in [0.25, 0.3) is 0 Å². The molecule has 0 bridgehead atoms. The predicted octanol–water partition coefficient (Wildman–Crippen LogP) is 1.93. The molecule has 2 aromatic heterocycles. The summed E-state index contributed by atoms with van der Waals surface area (Å²) in [6.07, 6.45) is 8.45. The van der Waals surface area contributed by atoms with Crippen LogP contribution in [0, 0.1) is 5.92 Å². The van der Waals surface area contributed by atoms with E-state index in [9.17, 15) is 0 Å². The van der Waals surface area contributed by atoms with Gasteiger partial charge in [0.15, 0.2) is 0 Å². The van der Waals surface area contributed by atoms with E-state index >= 15 is 0 Å². The van der Waals surface area contributed by atoms with Gasteiger partial charge < -0.3 is 0 Å². The van der Waals surface area contributed by atoms with Crippen LogP contribution in [0.15, 0.2) is 24.9 Å². The Morgan fingerprint density at radius 3 is 3.08 bits per heavy atom. The average Bonchev–Trinajstić information content (AvgIpc) is 2.51. The van der Waals surface area contributed by atoms with Gasteiger partial charge in [-0.3, -0.25) is 4.40 Å². The van der Waals surface area contributed by atoms with Gasteiger partial charge in [0.05, 0.1) is 0 Å². The van der Waals surface area contributed by atoms with E-state index in [4.69, 9.17) is 0 Å². The van der Waals surface area contributed by atoms with Gasteiger partial charge >= 0.3 is 0 Å². The molecule has 2 aromatic rings. The molecule has 2 heterocycles. The molecule has 2 rings (SSSR count). The Balaban J connectivity index is 2.48. The largest absolute Gasteiger partial charge is 0.290 e. The molecule has 0 spiro atoms. The highest BCUT2D eigenvalue weighted by Gasteiger charge is 2.04. The van der Waals surface area contributed by atoms with Crippen molar-refractivity contribution in [3.63, 3.8) is 0 Å². The Labute approximate surface area is 77.4 Å². The van der Waals surface area contributed by atoms with Crippen LogP contribution in [-0.2, 0) is 6.42 Å². The van der Waals surface area contributed by atoms with Crippen molar-refractivity contribution in [3.05, 3.63) is 30.5 Å². The molecule has 0 aromatic carbocycles. The maximum absolute atomic E-state index is 4.29. The third-order valence-electron chi connectivity index (χ3n) is 2.01. The zero-order chi connectivity index (χ0) is 9.26. The van der Waals surface area contributed by atoms with Gasteiger partial charge in [-0.15, -0.1) is 0 Å². The zero-order valence-corrected chi connectivity index (χ0v) is 7.94. The fourth-order valence-corrected chi connectivity index (χ4v) is 1.49. The van der Waals surface area contributed by atoms with E-state index in [2.05, 4.69) is 23.8 Å². The van der Waals surface area contributed by atoms with Gasteiger partial charge in [-0.2, -0.15) is 0 Å². The molecular formula is C10H13N3. The predicted molar refractivity (Wildman–Crippen MR) is 51.5 cm³/mol. The topological polar surface area (TPSA) is 30.2 Å². The van der Waals surface area contributed by atoms with Crippen LogP contribution in [0.3, 0.4) is 0 Å². The van der Waals surface area contributed by atoms with Crippen LogP contribution in [0.1, 0.15) is 19.4 Å². The van der Waals surface area contributed by atoms with E-state index in [1.54, 1.807) is 12.5 Å². The molecule has 13 heavy (non-hydrogen) atoms. The molecule has 0 aliphatic heterocycles. The summed E-state index contributed by atoms with van der Waals surface area (Å²) in [5.74, 6) is 0.643. The van der Waals surface area contributed by atoms with Crippen molar-refractivity contribution in [2.24, 2.45) is 5.92 Å². The van der Waals surface area contributed by atoms with Crippen LogP contribution >= 0.6 is 0 Å². The summed E-state index contributed by atoms with van der Waals surface area (Å²) >= 11 is 0. The maximum atomic E-state index is 4.29. The SMILES string of the molecule is CC(C)Cc1cncn2ccnc12. The molecule has 0 aliphatic rings. The lowest BCUT2D eigenvalue weighted by atomic mass is 10.1. The van der Waals surface area contributed by atoms with Crippen molar-refractivity contribution in [3.8, 4) is 0 Å². The maximum Gasteiger partial charge on any atom is 0.142 e. The van der Waals surface area contributed by atoms with Crippen molar-refractivity contribution in [2.75, 3.05) is 0 Å². The fraction of sp³-hybridized carbons (Fsp3) is 0.400. The lowest BCUT2D eigenvalue weighted by molar-refractivity contribution is 0.645. The molecule has 0 fully saturated rings. The first-order valence-corrected chi connectivity index (χ1v) is 4.53. The second kappa shape index (κ2) is 3.17. The van der Waals surface area contributed by atoms with Gasteiger partial charge in [-0.05, 0) is 12.3 Å². The quantitative estimate of drug-likeness (QED) is 0.698. The number of nitrogens with zero attached hydrogens (tertiary/aromatic N) is 3. The third-order valence-corrected chi connectivity index (χ3v) is 2.01. The molecule has 0 aliphatic carbocycles. The normalized spacial score (nSPS) is 11.3. The number of hydrogen-bond acceptors (Lipinski definition) is 2. The highest BCUT2D eigenvalue weighted by molar-refractivity contribution is 5.45. The van der Waals surface area contributed by atoms with Gasteiger partial charge in [0.1, 0.15) is 12.0 Å². The highest BCUT2D eigenvalue weighted by Crippen LogP contribution is 2.11. The van der Waals surface area contributed by atoms with Crippen LogP contribution < -0.4 is 0 Å². The van der Waals surface area contributed by atoms with Crippen molar-refractivity contribution in [1.29, 1.82) is 0 Å². The van der Waals surface area contributed by atoms with Crippen molar-refractivity contribution >= 4 is 5.65 Å². The summed E-state index contributed by atoms with van der Waals surface area (Å²) in [6.45, 7) is 4.40. The first-order valence-electron chi connectivity index (χ1n) is 4.53. The molecule has 0 amide bonds. The van der Waals surface area contributed by atoms with Crippen LogP contribution in [0.5, 0.6) is 0 Å². The molecule has 0 saturated carbocycles. The van der Waals surface area contributed by atoms with E-state index in [0.717, 1.165) is 12.1 Å². The molecule has 3 heteroatoms. The van der Waals surface area contributed by atoms with Gasteiger partial charge in [0, 0.05) is 24.2 Å². The Hall–Kier alpha value is -1.38. The molecule has 0 N–H and O–H groups in total. The van der Waals surface area contributed by atoms with Gasteiger partial charge in [0.2, 0.25) is 0 Å². The minimum atomic E-state index is 0.643. The summed E-state index contributed by atoms with van der Waals surface area (Å²) in [5.41, 5.74) is 2.26. The Kier molecular flexibility index (Phi) is 2.00. The molecular weight excluding hydrogens is 162 g/mol. The number of imidazole rings is 1. The summed E-state index contributed by atoms with van der Waals surface area (Å²) in [4.78, 5) is 8.46. The van der Waals surface area contributed by atoms with Crippen molar-refractivity contribution < 1.29 is 0 Å². The molecule has 3 nitrogen and oxygen atoms in total. The minimum absolute atomic E-state index is 0.643. The second-order valence-corrected chi connectivity index (χ2v) is 3.67. The number of aromatic nitrogens is 3. The standard InChI is InChI=1S/C10H13N3/c1-8(2)5-9-6-11-7-13-4-3-12-10(9)13/h3-4,6-8H,5H2,1-2H3. The van der Waals surface area contributed by atoms with E-state index in [1.807, 2.05) is 16.8 Å². The summed E-state index contributed by atoms with van der Waals surface area (Å²) in [5, 5.41) is 0. The first kappa shape index (κ1) is 8.23. The highest BCUT2D eigenvalue weighted by atomic mass is 15.0. The Bertz CT molecular complexity index is 403. The van der Waals surface area contributed by atoms with E-state index in [0.29, 0.717) is 5.92 Å². The van der Waals surface area contributed by atoms with Crippen molar-refractivity contribution in [2.45, 2.75) is 20.3 Å². The van der Waals surface area contributed by atoms with Crippen LogP contribution in [0.25, 0.3) is 5.65 Å². The summed E-state index contributed by atoms with van der Waals surface area (Å²) in [7, 11) is 0. The van der Waals surface area contributed by atoms with E-state index in [-0.39, 0.29) is 0 Å². The smallest absolute Gasteiger partial charge is 0.142 e. The number of rotatable bonds is 2. The lowest BCUT2D eigenvalue weighted by Gasteiger charge is -2.04. The first-order chi connectivity index (χ1) is 6.27. The molecule has 0 radical (unpaired) electrons. The number of fused-ring (bicyclic) bond motifs is 1. The third kappa shape index (κ3) is 1.54. The van der Waals surface area contributed by atoms with Crippen LogP contribution in [-0.4, -0.2) is 14.4 Å². The molecule has 0 atom stereocenters. The average molecular weight is 175 g/mol. The number of hydrogen-bond donors (Lipinski definition) is 0. The Morgan fingerprint density at radius 1 is 1.46 bits per heavy atom. The van der Waals surface area contributed by atoms with E-state index < -0.39 is 0 Å². The molecule has 0 unspecified atom stereocenters. The fourth-order valence-electron chi connectivity index (χ4n) is 1.49. The second-order valence-electron chi connectivity index (χ2n) is 3.67. The van der Waals surface area contributed by atoms with Crippen LogP contribution in [0.4, 0.5) is 0 Å². The molecule has 68 valence electrons. The van der Waals surface area contributed by atoms with Crippen molar-refractivity contribution in [1.82, 2.24) is 14.4 Å². The zero-order valence-electron chi connectivity index (χ0n) is 7.94. The van der Waals surface area contributed by atoms with E-state index in [1.165, 1.54) is 5.56 Å². The monoisotopic (exact) mass is 175 g/mol. The van der Waals surface area contributed by atoms with Gasteiger partial charge in [-0.1, -0.05) is 13.8 Å². The Morgan fingerprint density at radius 2 is 2.31 bits per heavy atom. The summed E-state index contributed by atoms with van der Waals surface area (Å²) < 4.78 is 1.96. The van der Waals surface area contributed by atoms with Crippen LogP contribution in [0.2, 0.25) is 0 Å². The summed E-state index contributed by atoms with van der Waals surface area (Å²) in [6, 6.07) is 0. The molecule has 0 saturated heterocycles. The van der Waals surface area contributed by atoms with Gasteiger partial charge in [-0.25, -0.2) is 9.97 Å².